The average molecular weight is 899 g/mol. The van der Waals surface area contributed by atoms with E-state index < -0.39 is 0 Å². The maximum absolute atomic E-state index is 12.0. The lowest BCUT2D eigenvalue weighted by Gasteiger charge is -2.26. The summed E-state index contributed by atoms with van der Waals surface area (Å²) in [4.78, 5) is 16.5. The van der Waals surface area contributed by atoms with Crippen LogP contribution in [0, 0.1) is 13.8 Å². The van der Waals surface area contributed by atoms with E-state index in [1.165, 1.54) is 11.1 Å². The number of aryl methyl sites for hydroxylation is 2. The molecule has 0 bridgehead atoms. The summed E-state index contributed by atoms with van der Waals surface area (Å²) in [7, 11) is 1.69. The molecule has 5 nitrogen and oxygen atoms in total. The van der Waals surface area contributed by atoms with Gasteiger partial charge in [0.15, 0.2) is 0 Å². The molecule has 0 amide bonds. The standard InChI is InChI=1S/C64H54N2O3/c1-5-64(67)69-61-42-38-59(39-43-61)66(55-30-18-47(3)19-31-55)57-34-22-49(23-35-57)45-63(51-14-10-7-11-15-51)53-26-24-52(25-27-53)62(50-12-8-6-9-13-50)44-48-20-32-56(33-21-48)65(54-28-16-46(2)17-29-54)58-36-40-60(68-4)41-37-58/h6-45H,5H2,1-4H3. The molecule has 0 aliphatic carbocycles. The van der Waals surface area contributed by atoms with E-state index in [0.29, 0.717) is 12.2 Å². The Labute approximate surface area is 406 Å². The molecule has 0 aromatic heterocycles. The van der Waals surface area contributed by atoms with Gasteiger partial charge in [-0.25, -0.2) is 0 Å². The summed E-state index contributed by atoms with van der Waals surface area (Å²) < 4.78 is 11.0. The molecule has 0 saturated heterocycles. The number of esters is 1. The molecular weight excluding hydrogens is 845 g/mol. The smallest absolute Gasteiger partial charge is 0.310 e. The van der Waals surface area contributed by atoms with Crippen molar-refractivity contribution < 1.29 is 14.3 Å². The van der Waals surface area contributed by atoms with Gasteiger partial charge in [-0.3, -0.25) is 4.79 Å². The van der Waals surface area contributed by atoms with Gasteiger partial charge in [0.05, 0.1) is 7.11 Å². The molecule has 0 radical (unpaired) electrons. The van der Waals surface area contributed by atoms with Crippen molar-refractivity contribution in [2.75, 3.05) is 16.9 Å². The summed E-state index contributed by atoms with van der Waals surface area (Å²) in [5.41, 5.74) is 17.6. The zero-order valence-electron chi connectivity index (χ0n) is 39.4. The molecule has 0 aliphatic rings. The van der Waals surface area contributed by atoms with Gasteiger partial charge in [-0.15, -0.1) is 0 Å². The predicted molar refractivity (Wildman–Crippen MR) is 287 cm³/mol. The van der Waals surface area contributed by atoms with Gasteiger partial charge in [0.1, 0.15) is 11.5 Å². The highest BCUT2D eigenvalue weighted by atomic mass is 16.5. The van der Waals surface area contributed by atoms with Crippen molar-refractivity contribution in [3.05, 3.63) is 275 Å². The highest BCUT2D eigenvalue weighted by molar-refractivity contribution is 5.95. The third kappa shape index (κ3) is 11.0. The van der Waals surface area contributed by atoms with Crippen molar-refractivity contribution in [2.45, 2.75) is 27.2 Å². The summed E-state index contributed by atoms with van der Waals surface area (Å²) in [6, 6.07) is 80.5. The lowest BCUT2D eigenvalue weighted by molar-refractivity contribution is -0.134. The van der Waals surface area contributed by atoms with Gasteiger partial charge in [0.25, 0.3) is 0 Å². The average Bonchev–Trinajstić information content (AvgIpc) is 3.40. The molecule has 0 unspecified atom stereocenters. The number of benzene rings is 9. The summed E-state index contributed by atoms with van der Waals surface area (Å²) in [6.45, 7) is 6.00. The molecular formula is C64H54N2O3. The third-order valence-corrected chi connectivity index (χ3v) is 12.1. The van der Waals surface area contributed by atoms with Crippen LogP contribution in [0.2, 0.25) is 0 Å². The van der Waals surface area contributed by atoms with E-state index in [4.69, 9.17) is 9.47 Å². The summed E-state index contributed by atoms with van der Waals surface area (Å²) >= 11 is 0. The Morgan fingerprint density at radius 3 is 1.03 bits per heavy atom. The van der Waals surface area contributed by atoms with Crippen molar-refractivity contribution in [1.29, 1.82) is 0 Å². The SMILES string of the molecule is CCC(=O)Oc1ccc(N(c2ccc(C)cc2)c2ccc(C=C(c3ccccc3)c3ccc(C(=Cc4ccc(N(c5ccc(C)cc5)c5ccc(OC)cc5)cc4)c4ccccc4)cc3)cc2)cc1. The third-order valence-electron chi connectivity index (χ3n) is 12.1. The Morgan fingerprint density at radius 2 is 0.696 bits per heavy atom. The van der Waals surface area contributed by atoms with E-state index in [0.717, 1.165) is 84.4 Å². The number of hydrogen-bond donors (Lipinski definition) is 0. The molecule has 9 aromatic carbocycles. The summed E-state index contributed by atoms with van der Waals surface area (Å²) in [6.07, 6.45) is 4.87. The highest BCUT2D eigenvalue weighted by Crippen LogP contribution is 2.39. The highest BCUT2D eigenvalue weighted by Gasteiger charge is 2.16. The second kappa shape index (κ2) is 21.3. The number of methoxy groups -OCH3 is 1. The maximum Gasteiger partial charge on any atom is 0.310 e. The van der Waals surface area contributed by atoms with E-state index in [2.05, 4.69) is 230 Å². The monoisotopic (exact) mass is 898 g/mol. The van der Waals surface area contributed by atoms with Crippen molar-refractivity contribution >= 4 is 63.4 Å². The van der Waals surface area contributed by atoms with Gasteiger partial charge in [-0.05, 0) is 168 Å². The van der Waals surface area contributed by atoms with E-state index in [-0.39, 0.29) is 5.97 Å². The normalized spacial score (nSPS) is 11.5. The lowest BCUT2D eigenvalue weighted by atomic mass is 9.91. The molecule has 0 N–H and O–H groups in total. The van der Waals surface area contributed by atoms with Crippen LogP contribution in [0.3, 0.4) is 0 Å². The Bertz CT molecular complexity index is 3160. The Morgan fingerprint density at radius 1 is 0.391 bits per heavy atom. The van der Waals surface area contributed by atoms with Crippen molar-refractivity contribution in [1.82, 2.24) is 0 Å². The summed E-state index contributed by atoms with van der Waals surface area (Å²) in [5.74, 6) is 1.09. The van der Waals surface area contributed by atoms with E-state index in [9.17, 15) is 4.79 Å². The zero-order chi connectivity index (χ0) is 47.5. The van der Waals surface area contributed by atoms with Crippen LogP contribution in [0.15, 0.2) is 231 Å². The minimum Gasteiger partial charge on any atom is -0.497 e. The fourth-order valence-electron chi connectivity index (χ4n) is 8.38. The lowest BCUT2D eigenvalue weighted by Crippen LogP contribution is -2.10. The number of carbonyl (C=O) groups excluding carboxylic acids is 1. The first-order chi connectivity index (χ1) is 33.8. The second-order valence-electron chi connectivity index (χ2n) is 17.0. The summed E-state index contributed by atoms with van der Waals surface area (Å²) in [5, 5.41) is 0. The number of nitrogens with zero attached hydrogens (tertiary/aromatic N) is 2. The molecule has 0 saturated carbocycles. The van der Waals surface area contributed by atoms with Gasteiger partial charge in [-0.1, -0.05) is 152 Å². The molecule has 0 aliphatic heterocycles. The molecule has 0 heterocycles. The second-order valence-corrected chi connectivity index (χ2v) is 17.0. The minimum absolute atomic E-state index is 0.257. The topological polar surface area (TPSA) is 42.0 Å². The Hall–Kier alpha value is -8.67. The maximum atomic E-state index is 12.0. The quantitative estimate of drug-likeness (QED) is 0.0583. The molecule has 5 heteroatoms. The van der Waals surface area contributed by atoms with E-state index >= 15 is 0 Å². The number of rotatable bonds is 15. The van der Waals surface area contributed by atoms with Crippen LogP contribution < -0.4 is 19.3 Å². The zero-order valence-corrected chi connectivity index (χ0v) is 39.4. The molecule has 9 rings (SSSR count). The van der Waals surface area contributed by atoms with Crippen LogP contribution in [0.5, 0.6) is 11.5 Å². The Balaban J connectivity index is 1.03. The van der Waals surface area contributed by atoms with Crippen LogP contribution in [-0.4, -0.2) is 13.1 Å². The predicted octanol–water partition coefficient (Wildman–Crippen LogP) is 16.7. The largest absolute Gasteiger partial charge is 0.497 e. The van der Waals surface area contributed by atoms with Crippen molar-refractivity contribution in [3.8, 4) is 11.5 Å². The van der Waals surface area contributed by atoms with Gasteiger partial charge in [0.2, 0.25) is 0 Å². The van der Waals surface area contributed by atoms with Crippen LogP contribution in [0.25, 0.3) is 23.3 Å². The number of carbonyl (C=O) groups is 1. The molecule has 0 spiro atoms. The molecule has 69 heavy (non-hydrogen) atoms. The molecule has 338 valence electrons. The number of ether oxygens (including phenoxy) is 2. The van der Waals surface area contributed by atoms with E-state index in [1.54, 1.807) is 14.0 Å². The molecule has 0 atom stereocenters. The first-order valence-corrected chi connectivity index (χ1v) is 23.4. The van der Waals surface area contributed by atoms with Crippen molar-refractivity contribution in [3.63, 3.8) is 0 Å². The Kier molecular flexibility index (Phi) is 14.0. The minimum atomic E-state index is -0.257. The van der Waals surface area contributed by atoms with Crippen LogP contribution >= 0.6 is 0 Å². The fraction of sp³-hybridized carbons (Fsp3) is 0.0781. The van der Waals surface area contributed by atoms with Crippen molar-refractivity contribution in [2.24, 2.45) is 0 Å². The fourth-order valence-corrected chi connectivity index (χ4v) is 8.38. The van der Waals surface area contributed by atoms with Gasteiger partial charge in [0, 0.05) is 40.5 Å². The molecule has 0 fully saturated rings. The first-order valence-electron chi connectivity index (χ1n) is 23.4. The number of hydrogen-bond acceptors (Lipinski definition) is 5. The van der Waals surface area contributed by atoms with Gasteiger partial charge < -0.3 is 19.3 Å². The van der Waals surface area contributed by atoms with Crippen LogP contribution in [0.4, 0.5) is 34.1 Å². The van der Waals surface area contributed by atoms with Crippen LogP contribution in [0.1, 0.15) is 57.9 Å². The van der Waals surface area contributed by atoms with Gasteiger partial charge in [-0.2, -0.15) is 0 Å². The first kappa shape index (κ1) is 45.5. The van der Waals surface area contributed by atoms with Gasteiger partial charge >= 0.3 is 5.97 Å². The number of anilines is 6. The molecule has 9 aromatic rings. The van der Waals surface area contributed by atoms with Crippen LogP contribution in [-0.2, 0) is 4.79 Å². The van der Waals surface area contributed by atoms with E-state index in [1.807, 2.05) is 36.4 Å².